The molecule has 0 spiro atoms. The van der Waals surface area contributed by atoms with Gasteiger partial charge in [0.25, 0.3) is 0 Å². The lowest BCUT2D eigenvalue weighted by molar-refractivity contribution is 0.0819. The van der Waals surface area contributed by atoms with Crippen LogP contribution in [-0.2, 0) is 0 Å². The Labute approximate surface area is 81.7 Å². The first-order valence-corrected chi connectivity index (χ1v) is 5.24. The Balaban J connectivity index is 2.48. The molecule has 2 N–H and O–H groups in total. The van der Waals surface area contributed by atoms with E-state index < -0.39 is 0 Å². The van der Waals surface area contributed by atoms with E-state index in [2.05, 4.69) is 33.0 Å². The zero-order chi connectivity index (χ0) is 10.3. The molecule has 2 atom stereocenters. The fourth-order valence-corrected chi connectivity index (χ4v) is 1.48. The smallest absolute Gasteiger partial charge is 0.0688 e. The van der Waals surface area contributed by atoms with E-state index in [4.69, 9.17) is 0 Å². The van der Waals surface area contributed by atoms with Gasteiger partial charge in [0.15, 0.2) is 0 Å². The molecule has 78 valence electrons. The molecule has 2 unspecified atom stereocenters. The van der Waals surface area contributed by atoms with E-state index in [-0.39, 0.29) is 11.6 Å². The fraction of sp³-hybridized carbons (Fsp3) is 1.00. The summed E-state index contributed by atoms with van der Waals surface area (Å²) in [4.78, 5) is 0. The molecule has 0 radical (unpaired) electrons. The Bertz CT molecular complexity index is 183. The highest BCUT2D eigenvalue weighted by Gasteiger charge is 2.44. The predicted molar refractivity (Wildman–Crippen MR) is 55.7 cm³/mol. The van der Waals surface area contributed by atoms with Crippen LogP contribution in [0, 0.1) is 5.41 Å². The van der Waals surface area contributed by atoms with E-state index in [9.17, 15) is 5.11 Å². The maximum atomic E-state index is 9.55. The van der Waals surface area contributed by atoms with Crippen molar-refractivity contribution in [1.29, 1.82) is 0 Å². The predicted octanol–water partition coefficient (Wildman–Crippen LogP) is 1.92. The summed E-state index contributed by atoms with van der Waals surface area (Å²) in [5, 5.41) is 13.1. The molecule has 0 amide bonds. The monoisotopic (exact) mass is 185 g/mol. The largest absolute Gasteiger partial charge is 0.392 e. The molecular weight excluding hydrogens is 162 g/mol. The molecule has 2 heteroatoms. The van der Waals surface area contributed by atoms with E-state index in [0.717, 1.165) is 0 Å². The molecule has 1 aliphatic carbocycles. The maximum absolute atomic E-state index is 9.55. The molecule has 1 rings (SSSR count). The van der Waals surface area contributed by atoms with Crippen LogP contribution in [0.4, 0.5) is 0 Å². The standard InChI is InChI=1S/C11H23NO/c1-8(11(5)6-7-11)12-10(3,4)9(2)13/h8-9,12-13H,6-7H2,1-5H3. The average molecular weight is 185 g/mol. The SMILES string of the molecule is CC(NC(C)(C)C(C)O)C1(C)CC1. The van der Waals surface area contributed by atoms with Crippen molar-refractivity contribution in [3.05, 3.63) is 0 Å². The first kappa shape index (κ1) is 11.0. The van der Waals surface area contributed by atoms with Crippen LogP contribution in [0.15, 0.2) is 0 Å². The van der Waals surface area contributed by atoms with Crippen LogP contribution in [0.5, 0.6) is 0 Å². The van der Waals surface area contributed by atoms with Crippen molar-refractivity contribution in [2.24, 2.45) is 5.41 Å². The molecule has 1 fully saturated rings. The molecule has 0 aromatic carbocycles. The summed E-state index contributed by atoms with van der Waals surface area (Å²) in [6.07, 6.45) is 2.32. The third kappa shape index (κ3) is 2.44. The van der Waals surface area contributed by atoms with Gasteiger partial charge in [0.2, 0.25) is 0 Å². The van der Waals surface area contributed by atoms with Gasteiger partial charge >= 0.3 is 0 Å². The van der Waals surface area contributed by atoms with Gasteiger partial charge in [-0.25, -0.2) is 0 Å². The van der Waals surface area contributed by atoms with Crippen molar-refractivity contribution in [3.63, 3.8) is 0 Å². The summed E-state index contributed by atoms with van der Waals surface area (Å²) in [6.45, 7) is 10.5. The molecule has 0 aromatic rings. The van der Waals surface area contributed by atoms with Gasteiger partial charge in [0, 0.05) is 11.6 Å². The number of aliphatic hydroxyl groups is 1. The second-order valence-electron chi connectivity index (χ2n) is 5.42. The molecule has 0 bridgehead atoms. The molecule has 1 aliphatic rings. The number of nitrogens with one attached hydrogen (secondary N) is 1. The Hall–Kier alpha value is -0.0800. The number of hydrogen-bond acceptors (Lipinski definition) is 2. The second-order valence-corrected chi connectivity index (χ2v) is 5.42. The van der Waals surface area contributed by atoms with Crippen LogP contribution in [0.2, 0.25) is 0 Å². The summed E-state index contributed by atoms with van der Waals surface area (Å²) < 4.78 is 0. The highest BCUT2D eigenvalue weighted by Crippen LogP contribution is 2.48. The van der Waals surface area contributed by atoms with Crippen molar-refractivity contribution in [2.45, 2.75) is 65.1 Å². The molecule has 2 nitrogen and oxygen atoms in total. The lowest BCUT2D eigenvalue weighted by Gasteiger charge is -2.35. The number of aliphatic hydroxyl groups excluding tert-OH is 1. The molecule has 0 aliphatic heterocycles. The topological polar surface area (TPSA) is 32.3 Å². The first-order valence-electron chi connectivity index (χ1n) is 5.24. The number of hydrogen-bond donors (Lipinski definition) is 2. The van der Waals surface area contributed by atoms with Gasteiger partial charge in [-0.15, -0.1) is 0 Å². The normalized spacial score (nSPS) is 25.4. The van der Waals surface area contributed by atoms with Gasteiger partial charge in [0.1, 0.15) is 0 Å². The highest BCUT2D eigenvalue weighted by atomic mass is 16.3. The lowest BCUT2D eigenvalue weighted by atomic mass is 9.93. The van der Waals surface area contributed by atoms with E-state index in [1.807, 2.05) is 6.92 Å². The van der Waals surface area contributed by atoms with Gasteiger partial charge in [-0.1, -0.05) is 6.92 Å². The van der Waals surface area contributed by atoms with Crippen molar-refractivity contribution in [2.75, 3.05) is 0 Å². The van der Waals surface area contributed by atoms with Gasteiger partial charge < -0.3 is 10.4 Å². The minimum Gasteiger partial charge on any atom is -0.392 e. The summed E-state index contributed by atoms with van der Waals surface area (Å²) in [5.41, 5.74) is 0.303. The molecule has 0 aromatic heterocycles. The van der Waals surface area contributed by atoms with Crippen molar-refractivity contribution >= 4 is 0 Å². The van der Waals surface area contributed by atoms with Gasteiger partial charge in [-0.05, 0) is 46.0 Å². The minimum absolute atomic E-state index is 0.176. The second kappa shape index (κ2) is 3.25. The van der Waals surface area contributed by atoms with Crippen LogP contribution in [0.1, 0.15) is 47.5 Å². The molecular formula is C11H23NO. The van der Waals surface area contributed by atoms with Crippen LogP contribution in [0.3, 0.4) is 0 Å². The van der Waals surface area contributed by atoms with E-state index in [1.165, 1.54) is 12.8 Å². The third-order valence-electron chi connectivity index (χ3n) is 3.72. The van der Waals surface area contributed by atoms with E-state index in [1.54, 1.807) is 0 Å². The summed E-state index contributed by atoms with van der Waals surface area (Å²) in [6, 6.07) is 0.497. The Morgan fingerprint density at radius 2 is 1.77 bits per heavy atom. The zero-order valence-corrected chi connectivity index (χ0v) is 9.52. The van der Waals surface area contributed by atoms with Gasteiger partial charge in [0.05, 0.1) is 6.10 Å². The van der Waals surface area contributed by atoms with Crippen LogP contribution < -0.4 is 5.32 Å². The Morgan fingerprint density at radius 1 is 1.31 bits per heavy atom. The van der Waals surface area contributed by atoms with E-state index in [0.29, 0.717) is 11.5 Å². The van der Waals surface area contributed by atoms with Crippen LogP contribution in [-0.4, -0.2) is 22.8 Å². The minimum atomic E-state index is -0.308. The third-order valence-corrected chi connectivity index (χ3v) is 3.72. The molecule has 0 saturated heterocycles. The van der Waals surface area contributed by atoms with Crippen molar-refractivity contribution in [1.82, 2.24) is 5.32 Å². The molecule has 0 heterocycles. The Morgan fingerprint density at radius 3 is 2.08 bits per heavy atom. The van der Waals surface area contributed by atoms with Crippen molar-refractivity contribution < 1.29 is 5.11 Å². The van der Waals surface area contributed by atoms with E-state index >= 15 is 0 Å². The van der Waals surface area contributed by atoms with Gasteiger partial charge in [-0.2, -0.15) is 0 Å². The summed E-state index contributed by atoms with van der Waals surface area (Å²) >= 11 is 0. The molecule has 13 heavy (non-hydrogen) atoms. The maximum Gasteiger partial charge on any atom is 0.0688 e. The first-order chi connectivity index (χ1) is 5.78. The number of rotatable bonds is 4. The summed E-state index contributed by atoms with van der Waals surface area (Å²) in [5.74, 6) is 0. The quantitative estimate of drug-likeness (QED) is 0.701. The lowest BCUT2D eigenvalue weighted by Crippen LogP contribution is -2.54. The molecule has 1 saturated carbocycles. The highest BCUT2D eigenvalue weighted by molar-refractivity contribution is 5.00. The zero-order valence-electron chi connectivity index (χ0n) is 9.52. The van der Waals surface area contributed by atoms with Crippen molar-refractivity contribution in [3.8, 4) is 0 Å². The van der Waals surface area contributed by atoms with Gasteiger partial charge in [-0.3, -0.25) is 0 Å². The van der Waals surface area contributed by atoms with Crippen LogP contribution >= 0.6 is 0 Å². The van der Waals surface area contributed by atoms with Crippen LogP contribution in [0.25, 0.3) is 0 Å². The summed E-state index contributed by atoms with van der Waals surface area (Å²) in [7, 11) is 0. The Kier molecular flexibility index (Phi) is 2.75. The average Bonchev–Trinajstić information content (AvgIpc) is 2.68. The fourth-order valence-electron chi connectivity index (χ4n) is 1.48.